The van der Waals surface area contributed by atoms with Gasteiger partial charge in [0, 0.05) is 10.7 Å². The van der Waals surface area contributed by atoms with E-state index in [2.05, 4.69) is 27.9 Å². The van der Waals surface area contributed by atoms with Crippen LogP contribution in [0.3, 0.4) is 0 Å². The molecule has 0 aliphatic carbocycles. The highest BCUT2D eigenvalue weighted by Gasteiger charge is 2.15. The number of nitrogens with one attached hydrogen (secondary N) is 1. The van der Waals surface area contributed by atoms with Gasteiger partial charge in [0.1, 0.15) is 18.2 Å². The maximum Gasteiger partial charge on any atom is 0.266 e. The van der Waals surface area contributed by atoms with Gasteiger partial charge in [0.05, 0.1) is 10.2 Å². The van der Waals surface area contributed by atoms with E-state index in [0.717, 1.165) is 20.3 Å². The average molecular weight is 587 g/mol. The molecule has 1 amide bonds. The fraction of sp³-hybridized carbons (Fsp3) is 0.185. The molecular formula is C27H24ClIN2O3. The monoisotopic (exact) mass is 586 g/mol. The number of aryl methyl sites for hydroxylation is 2. The number of nitrogens with zero attached hydrogens (tertiary/aromatic N) is 1. The minimum atomic E-state index is -0.466. The summed E-state index contributed by atoms with van der Waals surface area (Å²) in [5.74, 6) is 0.682. The molecule has 1 N–H and O–H groups in total. The highest BCUT2D eigenvalue weighted by molar-refractivity contribution is 14.1. The first-order chi connectivity index (χ1) is 16.3. The Labute approximate surface area is 218 Å². The van der Waals surface area contributed by atoms with E-state index in [9.17, 15) is 10.1 Å². The van der Waals surface area contributed by atoms with Crippen LogP contribution in [0, 0.1) is 28.7 Å². The number of amides is 1. The molecule has 5 nitrogen and oxygen atoms in total. The summed E-state index contributed by atoms with van der Waals surface area (Å²) < 4.78 is 12.6. The van der Waals surface area contributed by atoms with Gasteiger partial charge in [0.25, 0.3) is 5.91 Å². The molecule has 0 bridgehead atoms. The normalized spacial score (nSPS) is 11.0. The van der Waals surface area contributed by atoms with E-state index in [1.165, 1.54) is 0 Å². The maximum atomic E-state index is 12.8. The van der Waals surface area contributed by atoms with Crippen molar-refractivity contribution in [1.29, 1.82) is 5.26 Å². The van der Waals surface area contributed by atoms with Crippen molar-refractivity contribution in [3.8, 4) is 17.6 Å². The number of hydrogen-bond donors (Lipinski definition) is 1. The summed E-state index contributed by atoms with van der Waals surface area (Å²) in [5.41, 5.74) is 4.26. The highest BCUT2D eigenvalue weighted by Crippen LogP contribution is 2.35. The molecule has 34 heavy (non-hydrogen) atoms. The SMILES string of the molecule is CCOc1cc(/C=C(/C#N)C(=O)Nc2cc(C)ccc2C)cc(I)c1OCc1ccc(Cl)cc1. The Balaban J connectivity index is 1.85. The highest BCUT2D eigenvalue weighted by atomic mass is 127. The van der Waals surface area contributed by atoms with Crippen LogP contribution in [0.15, 0.2) is 60.2 Å². The van der Waals surface area contributed by atoms with Gasteiger partial charge < -0.3 is 14.8 Å². The van der Waals surface area contributed by atoms with Gasteiger partial charge in [0.2, 0.25) is 0 Å². The van der Waals surface area contributed by atoms with Gasteiger partial charge in [-0.2, -0.15) is 5.26 Å². The number of halogens is 2. The van der Waals surface area contributed by atoms with Crippen molar-refractivity contribution in [2.75, 3.05) is 11.9 Å². The molecule has 3 aromatic rings. The van der Waals surface area contributed by atoms with E-state index in [1.807, 2.05) is 75.4 Å². The summed E-state index contributed by atoms with van der Waals surface area (Å²) in [5, 5.41) is 13.1. The summed E-state index contributed by atoms with van der Waals surface area (Å²) in [4.78, 5) is 12.8. The van der Waals surface area contributed by atoms with Crippen LogP contribution in [0.2, 0.25) is 5.02 Å². The van der Waals surface area contributed by atoms with Crippen molar-refractivity contribution in [3.05, 3.63) is 91.0 Å². The molecule has 7 heteroatoms. The Morgan fingerprint density at radius 2 is 1.85 bits per heavy atom. The Morgan fingerprint density at radius 3 is 2.53 bits per heavy atom. The van der Waals surface area contributed by atoms with E-state index in [1.54, 1.807) is 12.1 Å². The molecule has 0 aromatic heterocycles. The summed E-state index contributed by atoms with van der Waals surface area (Å²) >= 11 is 8.12. The van der Waals surface area contributed by atoms with Crippen molar-refractivity contribution in [3.63, 3.8) is 0 Å². The summed E-state index contributed by atoms with van der Waals surface area (Å²) in [7, 11) is 0. The third-order valence-corrected chi connectivity index (χ3v) is 6.00. The van der Waals surface area contributed by atoms with Crippen molar-refractivity contribution >= 4 is 51.9 Å². The first-order valence-corrected chi connectivity index (χ1v) is 12.1. The molecule has 0 aliphatic heterocycles. The quantitative estimate of drug-likeness (QED) is 0.174. The van der Waals surface area contributed by atoms with Crippen LogP contribution in [0.25, 0.3) is 6.08 Å². The molecule has 3 rings (SSSR count). The van der Waals surface area contributed by atoms with Gasteiger partial charge in [-0.3, -0.25) is 4.79 Å². The Bertz CT molecular complexity index is 1260. The second kappa shape index (κ2) is 11.9. The lowest BCUT2D eigenvalue weighted by molar-refractivity contribution is -0.112. The first-order valence-electron chi connectivity index (χ1n) is 10.6. The van der Waals surface area contributed by atoms with Gasteiger partial charge >= 0.3 is 0 Å². The van der Waals surface area contributed by atoms with Gasteiger partial charge in [-0.15, -0.1) is 0 Å². The molecule has 0 heterocycles. The molecule has 0 unspecified atom stereocenters. The van der Waals surface area contributed by atoms with Crippen LogP contribution >= 0.6 is 34.2 Å². The fourth-order valence-corrected chi connectivity index (χ4v) is 4.09. The first kappa shape index (κ1) is 25.6. The van der Waals surface area contributed by atoms with Gasteiger partial charge in [-0.05, 0) is 102 Å². The number of benzene rings is 3. The number of carbonyl (C=O) groups is 1. The zero-order valence-corrected chi connectivity index (χ0v) is 22.0. The molecule has 0 radical (unpaired) electrons. The Hall–Kier alpha value is -3.02. The molecule has 0 fully saturated rings. The fourth-order valence-electron chi connectivity index (χ4n) is 3.19. The Kier molecular flexibility index (Phi) is 8.97. The number of carbonyl (C=O) groups excluding carboxylic acids is 1. The van der Waals surface area contributed by atoms with Gasteiger partial charge in [-0.25, -0.2) is 0 Å². The van der Waals surface area contributed by atoms with Crippen LogP contribution in [0.1, 0.15) is 29.2 Å². The minimum absolute atomic E-state index is 0.00557. The molecule has 0 atom stereocenters. The van der Waals surface area contributed by atoms with E-state index < -0.39 is 5.91 Å². The molecule has 0 saturated heterocycles. The number of nitriles is 1. The van der Waals surface area contributed by atoms with Crippen molar-refractivity contribution in [2.24, 2.45) is 0 Å². The predicted molar refractivity (Wildman–Crippen MR) is 144 cm³/mol. The maximum absolute atomic E-state index is 12.8. The molecule has 0 aliphatic rings. The third-order valence-electron chi connectivity index (χ3n) is 4.95. The largest absolute Gasteiger partial charge is 0.490 e. The van der Waals surface area contributed by atoms with Crippen molar-refractivity contribution in [2.45, 2.75) is 27.4 Å². The van der Waals surface area contributed by atoms with E-state index >= 15 is 0 Å². The van der Waals surface area contributed by atoms with Gasteiger partial charge in [-0.1, -0.05) is 35.9 Å². The Morgan fingerprint density at radius 1 is 1.12 bits per heavy atom. The lowest BCUT2D eigenvalue weighted by atomic mass is 10.1. The van der Waals surface area contributed by atoms with E-state index in [4.69, 9.17) is 21.1 Å². The minimum Gasteiger partial charge on any atom is -0.490 e. The zero-order chi connectivity index (χ0) is 24.7. The number of hydrogen-bond acceptors (Lipinski definition) is 4. The topological polar surface area (TPSA) is 71.3 Å². The average Bonchev–Trinajstić information content (AvgIpc) is 2.80. The second-order valence-electron chi connectivity index (χ2n) is 7.62. The predicted octanol–water partition coefficient (Wildman–Crippen LogP) is 7.08. The summed E-state index contributed by atoms with van der Waals surface area (Å²) in [6.07, 6.45) is 1.55. The van der Waals surface area contributed by atoms with Crippen molar-refractivity contribution < 1.29 is 14.3 Å². The standard InChI is InChI=1S/C27H24ClIN2O3/c1-4-33-25-14-20(13-23(29)26(25)34-16-19-7-9-22(28)10-8-19)12-21(15-30)27(32)31-24-11-17(2)5-6-18(24)3/h5-14H,4,16H2,1-3H3,(H,31,32)/b21-12-. The number of rotatable bonds is 8. The van der Waals surface area contributed by atoms with Crippen molar-refractivity contribution in [1.82, 2.24) is 0 Å². The van der Waals surface area contributed by atoms with Crippen LogP contribution in [0.4, 0.5) is 5.69 Å². The van der Waals surface area contributed by atoms with Crippen LogP contribution < -0.4 is 14.8 Å². The number of anilines is 1. The zero-order valence-electron chi connectivity index (χ0n) is 19.1. The second-order valence-corrected chi connectivity index (χ2v) is 9.22. The molecule has 0 spiro atoms. The van der Waals surface area contributed by atoms with Crippen LogP contribution in [0.5, 0.6) is 11.5 Å². The molecule has 174 valence electrons. The lowest BCUT2D eigenvalue weighted by Crippen LogP contribution is -2.14. The molecular weight excluding hydrogens is 563 g/mol. The molecule has 0 saturated carbocycles. The lowest BCUT2D eigenvalue weighted by Gasteiger charge is -2.15. The summed E-state index contributed by atoms with van der Waals surface area (Å²) in [6, 6.07) is 18.8. The third kappa shape index (κ3) is 6.75. The van der Waals surface area contributed by atoms with Crippen LogP contribution in [-0.4, -0.2) is 12.5 Å². The smallest absolute Gasteiger partial charge is 0.266 e. The summed E-state index contributed by atoms with van der Waals surface area (Å²) in [6.45, 7) is 6.54. The van der Waals surface area contributed by atoms with Crippen LogP contribution in [-0.2, 0) is 11.4 Å². The van der Waals surface area contributed by atoms with Gasteiger partial charge in [0.15, 0.2) is 11.5 Å². The number of ether oxygens (including phenoxy) is 2. The molecule has 3 aromatic carbocycles. The van der Waals surface area contributed by atoms with E-state index in [0.29, 0.717) is 41.0 Å². The van der Waals surface area contributed by atoms with E-state index in [-0.39, 0.29) is 5.57 Å².